The number of aromatic nitrogens is 3. The molecule has 0 fully saturated rings. The third kappa shape index (κ3) is 1.85. The molecule has 0 aromatic carbocycles. The average Bonchev–Trinajstić information content (AvgIpc) is 3.06. The van der Waals surface area contributed by atoms with Crippen LogP contribution in [0, 0.1) is 0 Å². The van der Waals surface area contributed by atoms with Crippen LogP contribution in [0.5, 0.6) is 0 Å². The van der Waals surface area contributed by atoms with Gasteiger partial charge in [0.25, 0.3) is 0 Å². The first kappa shape index (κ1) is 12.4. The van der Waals surface area contributed by atoms with Crippen molar-refractivity contribution in [1.29, 1.82) is 0 Å². The quantitative estimate of drug-likeness (QED) is 0.792. The summed E-state index contributed by atoms with van der Waals surface area (Å²) in [7, 11) is 0. The molecule has 3 aromatic heterocycles. The molecule has 0 aliphatic carbocycles. The number of hydrogen-bond acceptors (Lipinski definition) is 4. The van der Waals surface area contributed by atoms with E-state index in [4.69, 9.17) is 4.42 Å². The lowest BCUT2D eigenvalue weighted by Crippen LogP contribution is -2.05. The Kier molecular flexibility index (Phi) is 2.78. The maximum absolute atomic E-state index is 11.4. The molecule has 1 N–H and O–H groups in total. The predicted molar refractivity (Wildman–Crippen MR) is 72.6 cm³/mol. The highest BCUT2D eigenvalue weighted by molar-refractivity contribution is 6.02. The van der Waals surface area contributed by atoms with Gasteiger partial charge in [0, 0.05) is 6.04 Å². The fourth-order valence-electron chi connectivity index (χ4n) is 2.12. The number of carbonyl (C=O) groups is 1. The van der Waals surface area contributed by atoms with Gasteiger partial charge in [0.1, 0.15) is 5.69 Å². The number of fused-ring (bicyclic) bond motifs is 1. The van der Waals surface area contributed by atoms with Crippen molar-refractivity contribution >= 4 is 17.0 Å². The average molecular weight is 271 g/mol. The number of nitrogens with zero attached hydrogens (tertiary/aromatic N) is 3. The SMILES string of the molecule is CC(C)n1ncc2c(C(=O)O)cc(-c3ccco3)nc21. The second-order valence-corrected chi connectivity index (χ2v) is 4.76. The highest BCUT2D eigenvalue weighted by Gasteiger charge is 2.18. The van der Waals surface area contributed by atoms with Crippen molar-refractivity contribution in [2.45, 2.75) is 19.9 Å². The summed E-state index contributed by atoms with van der Waals surface area (Å²) in [6.07, 6.45) is 3.07. The van der Waals surface area contributed by atoms with Crippen LogP contribution in [0.25, 0.3) is 22.5 Å². The largest absolute Gasteiger partial charge is 0.478 e. The van der Waals surface area contributed by atoms with Crippen LogP contribution in [-0.2, 0) is 0 Å². The summed E-state index contributed by atoms with van der Waals surface area (Å²) in [6, 6.07) is 5.08. The van der Waals surface area contributed by atoms with Gasteiger partial charge < -0.3 is 9.52 Å². The van der Waals surface area contributed by atoms with E-state index in [1.165, 1.54) is 18.5 Å². The molecule has 6 heteroatoms. The Balaban J connectivity index is 2.33. The third-order valence-corrected chi connectivity index (χ3v) is 3.06. The summed E-state index contributed by atoms with van der Waals surface area (Å²) in [5.74, 6) is -0.473. The fraction of sp³-hybridized carbons (Fsp3) is 0.214. The lowest BCUT2D eigenvalue weighted by Gasteiger charge is -2.08. The van der Waals surface area contributed by atoms with E-state index in [2.05, 4.69) is 10.1 Å². The molecule has 6 nitrogen and oxygen atoms in total. The standard InChI is InChI=1S/C14H13N3O3/c1-8(2)17-13-10(7-15-17)9(14(18)19)6-11(16-13)12-4-3-5-20-12/h3-8H,1-2H3,(H,18,19). The number of rotatable bonds is 3. The van der Waals surface area contributed by atoms with Crippen molar-refractivity contribution < 1.29 is 14.3 Å². The topological polar surface area (TPSA) is 81.2 Å². The maximum Gasteiger partial charge on any atom is 0.336 e. The van der Waals surface area contributed by atoms with E-state index in [-0.39, 0.29) is 11.6 Å². The first-order chi connectivity index (χ1) is 9.58. The summed E-state index contributed by atoms with van der Waals surface area (Å²) >= 11 is 0. The van der Waals surface area contributed by atoms with Gasteiger partial charge in [-0.05, 0) is 32.0 Å². The molecule has 102 valence electrons. The van der Waals surface area contributed by atoms with Crippen molar-refractivity contribution in [3.8, 4) is 11.5 Å². The Morgan fingerprint density at radius 3 is 2.85 bits per heavy atom. The van der Waals surface area contributed by atoms with Gasteiger partial charge in [-0.15, -0.1) is 0 Å². The molecule has 20 heavy (non-hydrogen) atoms. The van der Waals surface area contributed by atoms with Gasteiger partial charge in [-0.2, -0.15) is 5.10 Å². The van der Waals surface area contributed by atoms with Gasteiger partial charge in [0.15, 0.2) is 11.4 Å². The Morgan fingerprint density at radius 1 is 1.45 bits per heavy atom. The van der Waals surface area contributed by atoms with Gasteiger partial charge in [0.2, 0.25) is 0 Å². The van der Waals surface area contributed by atoms with Crippen molar-refractivity contribution in [1.82, 2.24) is 14.8 Å². The van der Waals surface area contributed by atoms with Crippen LogP contribution in [0.4, 0.5) is 0 Å². The van der Waals surface area contributed by atoms with Crippen LogP contribution in [-0.4, -0.2) is 25.8 Å². The second-order valence-electron chi connectivity index (χ2n) is 4.76. The molecule has 0 unspecified atom stereocenters. The molecule has 0 amide bonds. The molecule has 0 bridgehead atoms. The second kappa shape index (κ2) is 4.48. The molecule has 3 heterocycles. The first-order valence-corrected chi connectivity index (χ1v) is 6.23. The van der Waals surface area contributed by atoms with Crippen molar-refractivity contribution in [3.63, 3.8) is 0 Å². The van der Waals surface area contributed by atoms with E-state index in [1.54, 1.807) is 16.8 Å². The number of pyridine rings is 1. The Bertz CT molecular complexity index is 772. The molecular weight excluding hydrogens is 258 g/mol. The normalized spacial score (nSPS) is 11.3. The summed E-state index contributed by atoms with van der Waals surface area (Å²) in [5.41, 5.74) is 1.21. The van der Waals surface area contributed by atoms with Crippen molar-refractivity contribution in [2.24, 2.45) is 0 Å². The van der Waals surface area contributed by atoms with Crippen LogP contribution in [0.3, 0.4) is 0 Å². The molecule has 0 spiro atoms. The van der Waals surface area contributed by atoms with E-state index in [9.17, 15) is 9.90 Å². The van der Waals surface area contributed by atoms with Gasteiger partial charge in [0.05, 0.1) is 23.4 Å². The highest BCUT2D eigenvalue weighted by atomic mass is 16.4. The minimum absolute atomic E-state index is 0.0912. The minimum atomic E-state index is -1.01. The summed E-state index contributed by atoms with van der Waals surface area (Å²) < 4.78 is 7.00. The van der Waals surface area contributed by atoms with E-state index in [1.807, 2.05) is 13.8 Å². The van der Waals surface area contributed by atoms with Crippen LogP contribution in [0.1, 0.15) is 30.2 Å². The molecule has 0 aliphatic heterocycles. The van der Waals surface area contributed by atoms with E-state index in [0.717, 1.165) is 0 Å². The Labute approximate surface area is 114 Å². The van der Waals surface area contributed by atoms with Crippen LogP contribution >= 0.6 is 0 Å². The van der Waals surface area contributed by atoms with Gasteiger partial charge in [-0.1, -0.05) is 0 Å². The summed E-state index contributed by atoms with van der Waals surface area (Å²) in [5, 5.41) is 14.1. The lowest BCUT2D eigenvalue weighted by molar-refractivity contribution is 0.0699. The molecule has 3 aromatic rings. The lowest BCUT2D eigenvalue weighted by atomic mass is 10.1. The van der Waals surface area contributed by atoms with Crippen LogP contribution in [0.15, 0.2) is 35.1 Å². The molecule has 0 saturated carbocycles. The molecular formula is C14H13N3O3. The Hall–Kier alpha value is -2.63. The van der Waals surface area contributed by atoms with Gasteiger partial charge in [-0.3, -0.25) is 0 Å². The molecule has 0 saturated heterocycles. The number of aromatic carboxylic acids is 1. The van der Waals surface area contributed by atoms with E-state index >= 15 is 0 Å². The first-order valence-electron chi connectivity index (χ1n) is 6.23. The van der Waals surface area contributed by atoms with E-state index < -0.39 is 5.97 Å². The smallest absolute Gasteiger partial charge is 0.336 e. The van der Waals surface area contributed by atoms with Crippen molar-refractivity contribution in [2.75, 3.05) is 0 Å². The zero-order valence-corrected chi connectivity index (χ0v) is 11.1. The van der Waals surface area contributed by atoms with Crippen LogP contribution in [0.2, 0.25) is 0 Å². The molecule has 3 rings (SSSR count). The number of carboxylic acids is 1. The fourth-order valence-corrected chi connectivity index (χ4v) is 2.12. The van der Waals surface area contributed by atoms with Gasteiger partial charge >= 0.3 is 5.97 Å². The number of hydrogen-bond donors (Lipinski definition) is 1. The zero-order valence-electron chi connectivity index (χ0n) is 11.1. The molecule has 0 radical (unpaired) electrons. The van der Waals surface area contributed by atoms with Crippen LogP contribution < -0.4 is 0 Å². The molecule has 0 atom stereocenters. The predicted octanol–water partition coefficient (Wildman–Crippen LogP) is 2.97. The Morgan fingerprint density at radius 2 is 2.25 bits per heavy atom. The monoisotopic (exact) mass is 271 g/mol. The third-order valence-electron chi connectivity index (χ3n) is 3.06. The maximum atomic E-state index is 11.4. The van der Waals surface area contributed by atoms with Gasteiger partial charge in [-0.25, -0.2) is 14.5 Å². The number of carboxylic acid groups (broad SMARTS) is 1. The highest BCUT2D eigenvalue weighted by Crippen LogP contribution is 2.26. The number of furan rings is 1. The summed E-state index contributed by atoms with van der Waals surface area (Å²) in [4.78, 5) is 15.9. The zero-order chi connectivity index (χ0) is 14.3. The van der Waals surface area contributed by atoms with Crippen molar-refractivity contribution in [3.05, 3.63) is 36.2 Å². The van der Waals surface area contributed by atoms with E-state index in [0.29, 0.717) is 22.5 Å². The minimum Gasteiger partial charge on any atom is -0.478 e. The molecule has 0 aliphatic rings. The summed E-state index contributed by atoms with van der Waals surface area (Å²) in [6.45, 7) is 3.93.